The second-order valence-corrected chi connectivity index (χ2v) is 5.80. The lowest BCUT2D eigenvalue weighted by atomic mass is 10.0. The molecule has 0 amide bonds. The Bertz CT molecular complexity index is 775. The van der Waals surface area contributed by atoms with Crippen molar-refractivity contribution in [1.82, 2.24) is 4.57 Å². The van der Waals surface area contributed by atoms with Crippen LogP contribution in [0, 0.1) is 0 Å². The topological polar surface area (TPSA) is 57.5 Å². The molecular weight excluding hydrogens is 330 g/mol. The lowest BCUT2D eigenvalue weighted by Gasteiger charge is -2.06. The minimum atomic E-state index is -0.435. The van der Waals surface area contributed by atoms with Crippen molar-refractivity contribution in [2.75, 3.05) is 13.7 Å². The van der Waals surface area contributed by atoms with Crippen LogP contribution >= 0.6 is 0 Å². The Hall–Kier alpha value is -2.82. The van der Waals surface area contributed by atoms with Gasteiger partial charge in [0.05, 0.1) is 25.0 Å². The molecule has 5 nitrogen and oxygen atoms in total. The lowest BCUT2D eigenvalue weighted by molar-refractivity contribution is -0.137. The predicted octanol–water partition coefficient (Wildman–Crippen LogP) is 4.32. The van der Waals surface area contributed by atoms with Gasteiger partial charge in [-0.3, -0.25) is 0 Å². The van der Waals surface area contributed by atoms with Crippen LogP contribution in [0.4, 0.5) is 0 Å². The van der Waals surface area contributed by atoms with Crippen molar-refractivity contribution in [3.63, 3.8) is 0 Å². The summed E-state index contributed by atoms with van der Waals surface area (Å²) in [5.41, 5.74) is 2.77. The van der Waals surface area contributed by atoms with Crippen molar-refractivity contribution in [1.29, 1.82) is 0 Å². The van der Waals surface area contributed by atoms with E-state index in [2.05, 4.69) is 0 Å². The quantitative estimate of drug-likeness (QED) is 0.402. The van der Waals surface area contributed by atoms with Gasteiger partial charge in [0.15, 0.2) is 0 Å². The Balaban J connectivity index is 2.42. The average Bonchev–Trinajstić information content (AvgIpc) is 3.05. The maximum atomic E-state index is 12.4. The van der Waals surface area contributed by atoms with E-state index in [1.807, 2.05) is 54.9 Å². The van der Waals surface area contributed by atoms with Crippen LogP contribution in [0.1, 0.15) is 42.7 Å². The van der Waals surface area contributed by atoms with Crippen LogP contribution in [0.5, 0.6) is 0 Å². The average molecular weight is 355 g/mol. The van der Waals surface area contributed by atoms with E-state index in [0.717, 1.165) is 24.0 Å². The largest absolute Gasteiger partial charge is 0.465 e. The number of nitrogens with zero attached hydrogens (tertiary/aromatic N) is 1. The van der Waals surface area contributed by atoms with Gasteiger partial charge in [0.1, 0.15) is 0 Å². The number of hydrogen-bond donors (Lipinski definition) is 0. The van der Waals surface area contributed by atoms with Crippen LogP contribution in [0.25, 0.3) is 17.2 Å². The third-order valence-electron chi connectivity index (χ3n) is 4.05. The monoisotopic (exact) mass is 355 g/mol. The number of aromatic nitrogens is 1. The standard InChI is InChI=1S/C21H25NO4/c1-4-6-14-26-19(23)13-12-18-20(21(24)25-3)17(15-22(18)5-2)16-10-8-7-9-11-16/h7-13,15H,4-6,14H2,1-3H3/b13-12+. The van der Waals surface area contributed by atoms with Crippen molar-refractivity contribution in [3.8, 4) is 11.1 Å². The summed E-state index contributed by atoms with van der Waals surface area (Å²) >= 11 is 0. The molecule has 5 heteroatoms. The molecule has 0 aliphatic carbocycles. The van der Waals surface area contributed by atoms with Crippen LogP contribution in [-0.4, -0.2) is 30.2 Å². The van der Waals surface area contributed by atoms with Crippen LogP contribution < -0.4 is 0 Å². The van der Waals surface area contributed by atoms with Gasteiger partial charge >= 0.3 is 11.9 Å². The van der Waals surface area contributed by atoms with E-state index in [9.17, 15) is 9.59 Å². The van der Waals surface area contributed by atoms with E-state index in [-0.39, 0.29) is 0 Å². The molecule has 0 saturated heterocycles. The Labute approximate surface area is 154 Å². The maximum absolute atomic E-state index is 12.4. The van der Waals surface area contributed by atoms with Gasteiger partial charge in [-0.2, -0.15) is 0 Å². The Kier molecular flexibility index (Phi) is 7.21. The molecule has 0 aliphatic heterocycles. The normalized spacial score (nSPS) is 10.9. The van der Waals surface area contributed by atoms with E-state index in [1.165, 1.54) is 13.2 Å². The summed E-state index contributed by atoms with van der Waals surface area (Å²) in [6.45, 7) is 5.06. The van der Waals surface area contributed by atoms with Gasteiger partial charge in [-0.15, -0.1) is 0 Å². The summed E-state index contributed by atoms with van der Waals surface area (Å²) in [4.78, 5) is 24.3. The van der Waals surface area contributed by atoms with Crippen LogP contribution in [0.2, 0.25) is 0 Å². The van der Waals surface area contributed by atoms with Crippen LogP contribution in [0.15, 0.2) is 42.6 Å². The zero-order valence-electron chi connectivity index (χ0n) is 15.5. The fraction of sp³-hybridized carbons (Fsp3) is 0.333. The van der Waals surface area contributed by atoms with Gasteiger partial charge in [0.2, 0.25) is 0 Å². The molecule has 0 atom stereocenters. The highest BCUT2D eigenvalue weighted by molar-refractivity contribution is 6.02. The fourth-order valence-corrected chi connectivity index (χ4v) is 2.68. The molecule has 26 heavy (non-hydrogen) atoms. The Morgan fingerprint density at radius 1 is 1.15 bits per heavy atom. The molecule has 0 saturated carbocycles. The summed E-state index contributed by atoms with van der Waals surface area (Å²) in [5, 5.41) is 0. The van der Waals surface area contributed by atoms with Crippen LogP contribution in [0.3, 0.4) is 0 Å². The van der Waals surface area contributed by atoms with Crippen molar-refractivity contribution >= 4 is 18.0 Å². The minimum absolute atomic E-state index is 0.396. The maximum Gasteiger partial charge on any atom is 0.340 e. The van der Waals surface area contributed by atoms with Gasteiger partial charge in [-0.1, -0.05) is 43.7 Å². The fourth-order valence-electron chi connectivity index (χ4n) is 2.68. The molecule has 138 valence electrons. The molecular formula is C21H25NO4. The summed E-state index contributed by atoms with van der Waals surface area (Å²) in [6, 6.07) is 9.63. The van der Waals surface area contributed by atoms with E-state index in [4.69, 9.17) is 9.47 Å². The highest BCUT2D eigenvalue weighted by atomic mass is 16.5. The van der Waals surface area contributed by atoms with E-state index < -0.39 is 11.9 Å². The first-order valence-electron chi connectivity index (χ1n) is 8.84. The zero-order chi connectivity index (χ0) is 18.9. The number of ether oxygens (including phenoxy) is 2. The van der Waals surface area contributed by atoms with Crippen molar-refractivity contribution in [2.24, 2.45) is 0 Å². The molecule has 1 aromatic heterocycles. The number of rotatable bonds is 8. The highest BCUT2D eigenvalue weighted by Gasteiger charge is 2.22. The lowest BCUT2D eigenvalue weighted by Crippen LogP contribution is -2.07. The number of esters is 2. The summed E-state index contributed by atoms with van der Waals surface area (Å²) < 4.78 is 12.0. The third-order valence-corrected chi connectivity index (χ3v) is 4.05. The summed E-state index contributed by atoms with van der Waals surface area (Å²) in [5.74, 6) is -0.852. The molecule has 0 bridgehead atoms. The van der Waals surface area contributed by atoms with E-state index >= 15 is 0 Å². The molecule has 0 fully saturated rings. The van der Waals surface area contributed by atoms with Gasteiger partial charge < -0.3 is 14.0 Å². The molecule has 1 heterocycles. The van der Waals surface area contributed by atoms with Crippen molar-refractivity contribution in [2.45, 2.75) is 33.2 Å². The van der Waals surface area contributed by atoms with E-state index in [0.29, 0.717) is 24.4 Å². The summed E-state index contributed by atoms with van der Waals surface area (Å²) in [6.07, 6.45) is 6.68. The number of unbranched alkanes of at least 4 members (excludes halogenated alkanes) is 1. The first kappa shape index (κ1) is 19.5. The third kappa shape index (κ3) is 4.63. The molecule has 0 radical (unpaired) electrons. The molecule has 2 rings (SSSR count). The number of methoxy groups -OCH3 is 1. The molecule has 0 spiro atoms. The number of aryl methyl sites for hydroxylation is 1. The second-order valence-electron chi connectivity index (χ2n) is 5.80. The number of hydrogen-bond acceptors (Lipinski definition) is 4. The van der Waals surface area contributed by atoms with Crippen molar-refractivity contribution < 1.29 is 19.1 Å². The SMILES string of the molecule is CCCCOC(=O)/C=C/c1c(C(=O)OC)c(-c2ccccc2)cn1CC. The molecule has 0 aliphatic rings. The summed E-state index contributed by atoms with van der Waals surface area (Å²) in [7, 11) is 1.35. The Morgan fingerprint density at radius 3 is 2.50 bits per heavy atom. The smallest absolute Gasteiger partial charge is 0.340 e. The predicted molar refractivity (Wildman–Crippen MR) is 102 cm³/mol. The second kappa shape index (κ2) is 9.61. The Morgan fingerprint density at radius 2 is 1.88 bits per heavy atom. The van der Waals surface area contributed by atoms with Gasteiger partial charge in [-0.05, 0) is 25.0 Å². The number of carbonyl (C=O) groups excluding carboxylic acids is 2. The zero-order valence-corrected chi connectivity index (χ0v) is 15.5. The van der Waals surface area contributed by atoms with Gasteiger partial charge in [-0.25, -0.2) is 9.59 Å². The van der Waals surface area contributed by atoms with Crippen LogP contribution in [-0.2, 0) is 20.8 Å². The molecule has 2 aromatic rings. The van der Waals surface area contributed by atoms with Gasteiger partial charge in [0, 0.05) is 24.4 Å². The highest BCUT2D eigenvalue weighted by Crippen LogP contribution is 2.30. The molecule has 1 aromatic carbocycles. The number of carbonyl (C=O) groups is 2. The molecule has 0 unspecified atom stereocenters. The van der Waals surface area contributed by atoms with E-state index in [1.54, 1.807) is 6.08 Å². The minimum Gasteiger partial charge on any atom is -0.465 e. The first-order chi connectivity index (χ1) is 12.6. The van der Waals surface area contributed by atoms with Crippen molar-refractivity contribution in [3.05, 3.63) is 53.9 Å². The molecule has 0 N–H and O–H groups in total. The number of benzene rings is 1. The van der Waals surface area contributed by atoms with Gasteiger partial charge in [0.25, 0.3) is 0 Å². The first-order valence-corrected chi connectivity index (χ1v) is 8.84.